The van der Waals surface area contributed by atoms with Gasteiger partial charge in [0.1, 0.15) is 0 Å². The van der Waals surface area contributed by atoms with Crippen LogP contribution in [0.5, 0.6) is 0 Å². The van der Waals surface area contributed by atoms with Crippen molar-refractivity contribution >= 4 is 54.9 Å². The Morgan fingerprint density at radius 1 is 1.17 bits per heavy atom. The van der Waals surface area contributed by atoms with Crippen LogP contribution in [0, 0.1) is 6.92 Å². The molecule has 0 radical (unpaired) electrons. The second-order valence-corrected chi connectivity index (χ2v) is 8.15. The van der Waals surface area contributed by atoms with Gasteiger partial charge >= 0.3 is 0 Å². The molecule has 0 aliphatic heterocycles. The molecule has 0 unspecified atom stereocenters. The molecule has 0 saturated heterocycles. The third-order valence-electron chi connectivity index (χ3n) is 3.07. The van der Waals surface area contributed by atoms with E-state index in [0.717, 1.165) is 26.2 Å². The van der Waals surface area contributed by atoms with Crippen LogP contribution in [-0.2, 0) is 10.0 Å². The first-order valence-electron chi connectivity index (χ1n) is 6.75. The van der Waals surface area contributed by atoms with Crippen molar-refractivity contribution in [2.75, 3.05) is 4.72 Å². The van der Waals surface area contributed by atoms with Crippen molar-refractivity contribution in [2.45, 2.75) is 6.92 Å². The fourth-order valence-corrected chi connectivity index (χ4v) is 3.90. The lowest BCUT2D eigenvalue weighted by Gasteiger charge is -2.04. The van der Waals surface area contributed by atoms with E-state index >= 15 is 0 Å². The molecule has 1 N–H and O–H groups in total. The first kappa shape index (κ1) is 16.0. The molecular formula is C16H13ClN2O2S2. The number of sulfonamides is 1. The fourth-order valence-electron chi connectivity index (χ4n) is 2.04. The van der Waals surface area contributed by atoms with Crippen molar-refractivity contribution in [3.05, 3.63) is 63.5 Å². The summed E-state index contributed by atoms with van der Waals surface area (Å²) in [6.07, 6.45) is 1.52. The lowest BCUT2D eigenvalue weighted by molar-refractivity contribution is 0.609. The van der Waals surface area contributed by atoms with Gasteiger partial charge in [-0.25, -0.2) is 13.4 Å². The van der Waals surface area contributed by atoms with Crippen molar-refractivity contribution in [3.8, 4) is 0 Å². The Labute approximate surface area is 143 Å². The number of rotatable bonds is 4. The number of fused-ring (bicyclic) bond motifs is 1. The van der Waals surface area contributed by atoms with Gasteiger partial charge in [-0.3, -0.25) is 4.72 Å². The molecule has 7 heteroatoms. The van der Waals surface area contributed by atoms with Gasteiger partial charge in [0.15, 0.2) is 0 Å². The average molecular weight is 365 g/mol. The Hall–Kier alpha value is -1.89. The van der Waals surface area contributed by atoms with Crippen LogP contribution in [0.3, 0.4) is 0 Å². The minimum Gasteiger partial charge on any atom is -0.280 e. The molecule has 2 aromatic carbocycles. The molecule has 118 valence electrons. The van der Waals surface area contributed by atoms with Crippen LogP contribution in [0.2, 0.25) is 5.02 Å². The summed E-state index contributed by atoms with van der Waals surface area (Å²) in [6, 6.07) is 12.2. The van der Waals surface area contributed by atoms with Crippen molar-refractivity contribution in [2.24, 2.45) is 0 Å². The molecule has 0 atom stereocenters. The third-order valence-corrected chi connectivity index (χ3v) is 5.27. The molecule has 3 rings (SSSR count). The number of hydrogen-bond donors (Lipinski definition) is 1. The number of halogens is 1. The highest BCUT2D eigenvalue weighted by Gasteiger charge is 2.08. The van der Waals surface area contributed by atoms with Gasteiger partial charge in [0, 0.05) is 5.02 Å². The zero-order chi connectivity index (χ0) is 16.4. The molecule has 0 spiro atoms. The molecule has 1 heterocycles. The largest absolute Gasteiger partial charge is 0.280 e. The molecule has 0 amide bonds. The van der Waals surface area contributed by atoms with E-state index < -0.39 is 10.0 Å². The summed E-state index contributed by atoms with van der Waals surface area (Å²) in [4.78, 5) is 4.35. The smallest absolute Gasteiger partial charge is 0.255 e. The van der Waals surface area contributed by atoms with Crippen molar-refractivity contribution in [1.82, 2.24) is 4.98 Å². The van der Waals surface area contributed by atoms with Crippen LogP contribution in [0.1, 0.15) is 10.6 Å². The molecule has 0 saturated carbocycles. The fraction of sp³-hybridized carbons (Fsp3) is 0.0625. The first-order chi connectivity index (χ1) is 10.9. The zero-order valence-corrected chi connectivity index (χ0v) is 14.5. The van der Waals surface area contributed by atoms with Crippen LogP contribution < -0.4 is 4.72 Å². The predicted octanol–water partition coefficient (Wildman–Crippen LogP) is 4.67. The Morgan fingerprint density at radius 3 is 2.65 bits per heavy atom. The monoisotopic (exact) mass is 364 g/mol. The first-order valence-corrected chi connectivity index (χ1v) is 9.49. The van der Waals surface area contributed by atoms with Gasteiger partial charge in [0.2, 0.25) is 0 Å². The normalized spacial score (nSPS) is 12.1. The van der Waals surface area contributed by atoms with Gasteiger partial charge in [-0.15, -0.1) is 11.3 Å². The quantitative estimate of drug-likeness (QED) is 0.731. The van der Waals surface area contributed by atoms with Crippen molar-refractivity contribution in [3.63, 3.8) is 0 Å². The lowest BCUT2D eigenvalue weighted by atomic mass is 10.2. The zero-order valence-electron chi connectivity index (χ0n) is 12.2. The minimum atomic E-state index is -3.58. The van der Waals surface area contributed by atoms with E-state index in [-0.39, 0.29) is 0 Å². The number of hydrogen-bond acceptors (Lipinski definition) is 4. The van der Waals surface area contributed by atoms with Crippen LogP contribution in [0.25, 0.3) is 16.3 Å². The van der Waals surface area contributed by atoms with Gasteiger partial charge < -0.3 is 0 Å². The van der Waals surface area contributed by atoms with Gasteiger partial charge in [0.05, 0.1) is 26.3 Å². The Bertz CT molecular complexity index is 977. The second-order valence-electron chi connectivity index (χ2n) is 4.92. The summed E-state index contributed by atoms with van der Waals surface area (Å²) >= 11 is 7.33. The van der Waals surface area contributed by atoms with E-state index in [0.29, 0.717) is 10.7 Å². The molecule has 4 nitrogen and oxygen atoms in total. The molecule has 23 heavy (non-hydrogen) atoms. The van der Waals surface area contributed by atoms with E-state index in [1.165, 1.54) is 17.4 Å². The van der Waals surface area contributed by atoms with Crippen molar-refractivity contribution < 1.29 is 8.42 Å². The molecule has 1 aromatic heterocycles. The molecule has 3 aromatic rings. The molecule has 0 aliphatic carbocycles. The summed E-state index contributed by atoms with van der Waals surface area (Å²) in [5, 5.41) is 2.69. The molecule has 0 fully saturated rings. The maximum absolute atomic E-state index is 12.1. The average Bonchev–Trinajstić information content (AvgIpc) is 2.86. The maximum Gasteiger partial charge on any atom is 0.255 e. The Balaban J connectivity index is 1.80. The highest BCUT2D eigenvalue weighted by atomic mass is 35.5. The molecule has 0 bridgehead atoms. The summed E-state index contributed by atoms with van der Waals surface area (Å²) in [6.45, 7) is 1.92. The third kappa shape index (κ3) is 4.10. The van der Waals surface area contributed by atoms with Crippen LogP contribution in [0.15, 0.2) is 47.9 Å². The second kappa shape index (κ2) is 6.31. The lowest BCUT2D eigenvalue weighted by Crippen LogP contribution is -2.08. The number of nitrogens with one attached hydrogen (secondary N) is 1. The SMILES string of the molecule is Cc1nc2ccc(NS(=O)(=O)C=Cc3ccc(Cl)cc3)cc2s1. The topological polar surface area (TPSA) is 59.1 Å². The number of nitrogens with zero attached hydrogens (tertiary/aromatic N) is 1. The van der Waals surface area contributed by atoms with Gasteiger partial charge in [-0.2, -0.15) is 0 Å². The van der Waals surface area contributed by atoms with Gasteiger partial charge in [-0.05, 0) is 48.9 Å². The number of aromatic nitrogens is 1. The minimum absolute atomic E-state index is 0.516. The van der Waals surface area contributed by atoms with Crippen LogP contribution in [-0.4, -0.2) is 13.4 Å². The van der Waals surface area contributed by atoms with E-state index in [1.807, 2.05) is 6.92 Å². The maximum atomic E-state index is 12.1. The number of anilines is 1. The molecular weight excluding hydrogens is 352 g/mol. The summed E-state index contributed by atoms with van der Waals surface area (Å²) in [7, 11) is -3.58. The summed E-state index contributed by atoms with van der Waals surface area (Å²) in [5.74, 6) is 0. The number of benzene rings is 2. The van der Waals surface area contributed by atoms with Crippen LogP contribution in [0.4, 0.5) is 5.69 Å². The highest BCUT2D eigenvalue weighted by Crippen LogP contribution is 2.25. The Morgan fingerprint density at radius 2 is 1.91 bits per heavy atom. The summed E-state index contributed by atoms with van der Waals surface area (Å²) in [5.41, 5.74) is 2.14. The number of aryl methyl sites for hydroxylation is 1. The Kier molecular flexibility index (Phi) is 4.39. The standard InChI is InChI=1S/C16H13ClN2O2S2/c1-11-18-15-7-6-14(10-16(15)22-11)19-23(20,21)9-8-12-2-4-13(17)5-3-12/h2-10,19H,1H3. The van der Waals surface area contributed by atoms with Crippen molar-refractivity contribution in [1.29, 1.82) is 0 Å². The van der Waals surface area contributed by atoms with E-state index in [4.69, 9.17) is 11.6 Å². The summed E-state index contributed by atoms with van der Waals surface area (Å²) < 4.78 is 27.8. The van der Waals surface area contributed by atoms with E-state index in [9.17, 15) is 8.42 Å². The van der Waals surface area contributed by atoms with E-state index in [1.54, 1.807) is 42.5 Å². The molecule has 0 aliphatic rings. The predicted molar refractivity (Wildman–Crippen MR) is 97.4 cm³/mol. The van der Waals surface area contributed by atoms with E-state index in [2.05, 4.69) is 9.71 Å². The number of thiazole rings is 1. The highest BCUT2D eigenvalue weighted by molar-refractivity contribution is 7.95. The van der Waals surface area contributed by atoms with Gasteiger partial charge in [0.25, 0.3) is 10.0 Å². The van der Waals surface area contributed by atoms with Crippen LogP contribution >= 0.6 is 22.9 Å². The van der Waals surface area contributed by atoms with Gasteiger partial charge in [-0.1, -0.05) is 23.7 Å².